The van der Waals surface area contributed by atoms with Gasteiger partial charge in [-0.1, -0.05) is 17.8 Å². The molecule has 4 heteroatoms. The Morgan fingerprint density at radius 3 is 2.80 bits per heavy atom. The molecule has 0 fully saturated rings. The molecule has 2 nitrogen and oxygen atoms in total. The molecule has 15 heavy (non-hydrogen) atoms. The molecule has 0 aliphatic heterocycles. The summed E-state index contributed by atoms with van der Waals surface area (Å²) in [6.45, 7) is 0. The molecule has 1 heterocycles. The maximum absolute atomic E-state index is 13.0. The van der Waals surface area contributed by atoms with Gasteiger partial charge in [0.1, 0.15) is 10.8 Å². The van der Waals surface area contributed by atoms with Crippen LogP contribution in [0.2, 0.25) is 0 Å². The van der Waals surface area contributed by atoms with E-state index in [1.165, 1.54) is 23.9 Å². The smallest absolute Gasteiger partial charge is 0.124 e. The lowest BCUT2D eigenvalue weighted by molar-refractivity contribution is 0.624. The number of rotatable bonds is 2. The molecule has 0 saturated heterocycles. The number of nitrogen functional groups attached to an aromatic ring is 1. The first-order chi connectivity index (χ1) is 7.25. The van der Waals surface area contributed by atoms with E-state index in [0.717, 1.165) is 5.03 Å². The van der Waals surface area contributed by atoms with Gasteiger partial charge < -0.3 is 5.73 Å². The average Bonchev–Trinajstić information content (AvgIpc) is 2.25. The summed E-state index contributed by atoms with van der Waals surface area (Å²) >= 11 is 1.35. The molecule has 2 rings (SSSR count). The third-order valence-electron chi connectivity index (χ3n) is 1.83. The molecule has 1 aromatic carbocycles. The summed E-state index contributed by atoms with van der Waals surface area (Å²) in [6, 6.07) is 9.88. The van der Waals surface area contributed by atoms with Crippen LogP contribution in [0.15, 0.2) is 52.5 Å². The number of halogens is 1. The standard InChI is InChI=1S/C11H9FN2S/c12-8-4-5-9(13)10(7-8)15-11-3-1-2-6-14-11/h1-7H,13H2. The van der Waals surface area contributed by atoms with Crippen molar-refractivity contribution in [1.29, 1.82) is 0 Å². The normalized spacial score (nSPS) is 10.2. The molecule has 0 unspecified atom stereocenters. The summed E-state index contributed by atoms with van der Waals surface area (Å²) in [6.07, 6.45) is 1.69. The van der Waals surface area contributed by atoms with Gasteiger partial charge in [-0.25, -0.2) is 9.37 Å². The van der Waals surface area contributed by atoms with Crippen LogP contribution in [-0.4, -0.2) is 4.98 Å². The minimum Gasteiger partial charge on any atom is -0.398 e. The Balaban J connectivity index is 2.28. The second kappa shape index (κ2) is 4.31. The lowest BCUT2D eigenvalue weighted by Crippen LogP contribution is -1.89. The van der Waals surface area contributed by atoms with Crippen molar-refractivity contribution >= 4 is 17.4 Å². The van der Waals surface area contributed by atoms with Crippen molar-refractivity contribution in [3.05, 3.63) is 48.4 Å². The van der Waals surface area contributed by atoms with Crippen molar-refractivity contribution in [3.8, 4) is 0 Å². The van der Waals surface area contributed by atoms with Gasteiger partial charge in [-0.3, -0.25) is 0 Å². The highest BCUT2D eigenvalue weighted by atomic mass is 32.2. The average molecular weight is 220 g/mol. The first-order valence-corrected chi connectivity index (χ1v) is 5.21. The van der Waals surface area contributed by atoms with Gasteiger partial charge in [-0.2, -0.15) is 0 Å². The SMILES string of the molecule is Nc1ccc(F)cc1Sc1ccccn1. The Bertz CT molecular complexity index is 459. The van der Waals surface area contributed by atoms with Crippen molar-refractivity contribution in [2.75, 3.05) is 5.73 Å². The number of nitrogens with two attached hydrogens (primary N) is 1. The molecule has 0 saturated carbocycles. The largest absolute Gasteiger partial charge is 0.398 e. The quantitative estimate of drug-likeness (QED) is 0.791. The van der Waals surface area contributed by atoms with Crippen LogP contribution in [0.3, 0.4) is 0 Å². The second-order valence-corrected chi connectivity index (χ2v) is 4.01. The van der Waals surface area contributed by atoms with E-state index in [4.69, 9.17) is 5.73 Å². The molecule has 0 aliphatic rings. The van der Waals surface area contributed by atoms with Gasteiger partial charge in [-0.05, 0) is 30.3 Å². The molecule has 0 radical (unpaired) electrons. The topological polar surface area (TPSA) is 38.9 Å². The lowest BCUT2D eigenvalue weighted by Gasteiger charge is -2.04. The molecule has 0 aliphatic carbocycles. The lowest BCUT2D eigenvalue weighted by atomic mass is 10.3. The zero-order chi connectivity index (χ0) is 10.7. The molecule has 0 bridgehead atoms. The number of benzene rings is 1. The number of pyridine rings is 1. The highest BCUT2D eigenvalue weighted by Gasteiger charge is 2.03. The van der Waals surface area contributed by atoms with E-state index in [2.05, 4.69) is 4.98 Å². The minimum atomic E-state index is -0.289. The monoisotopic (exact) mass is 220 g/mol. The van der Waals surface area contributed by atoms with Gasteiger partial charge in [-0.15, -0.1) is 0 Å². The second-order valence-electron chi connectivity index (χ2n) is 2.95. The summed E-state index contributed by atoms with van der Waals surface area (Å²) in [7, 11) is 0. The third-order valence-corrected chi connectivity index (χ3v) is 2.85. The Morgan fingerprint density at radius 2 is 2.07 bits per heavy atom. The molecule has 0 atom stereocenters. The fraction of sp³-hybridized carbons (Fsp3) is 0. The van der Waals surface area contributed by atoms with Crippen molar-refractivity contribution < 1.29 is 4.39 Å². The molecule has 1 aromatic heterocycles. The van der Waals surface area contributed by atoms with Crippen LogP contribution in [0.4, 0.5) is 10.1 Å². The summed E-state index contributed by atoms with van der Waals surface area (Å²) in [4.78, 5) is 4.82. The molecular formula is C11H9FN2S. The predicted octanol–water partition coefficient (Wildman–Crippen LogP) is 2.95. The van der Waals surface area contributed by atoms with E-state index in [9.17, 15) is 4.39 Å². The Kier molecular flexibility index (Phi) is 2.87. The number of aromatic nitrogens is 1. The van der Waals surface area contributed by atoms with E-state index in [-0.39, 0.29) is 5.82 Å². The molecule has 0 amide bonds. The van der Waals surface area contributed by atoms with E-state index >= 15 is 0 Å². The molecular weight excluding hydrogens is 211 g/mol. The van der Waals surface area contributed by atoms with Crippen molar-refractivity contribution in [1.82, 2.24) is 4.98 Å². The van der Waals surface area contributed by atoms with Crippen LogP contribution in [0, 0.1) is 5.82 Å². The van der Waals surface area contributed by atoms with Crippen molar-refractivity contribution in [2.24, 2.45) is 0 Å². The van der Waals surface area contributed by atoms with Crippen molar-refractivity contribution in [2.45, 2.75) is 9.92 Å². The first-order valence-electron chi connectivity index (χ1n) is 4.39. The van der Waals surface area contributed by atoms with Crippen LogP contribution in [0.5, 0.6) is 0 Å². The minimum absolute atomic E-state index is 0.289. The molecule has 0 spiro atoms. The fourth-order valence-electron chi connectivity index (χ4n) is 1.12. The molecule has 2 N–H and O–H groups in total. The Morgan fingerprint density at radius 1 is 1.20 bits per heavy atom. The summed E-state index contributed by atoms with van der Waals surface area (Å²) in [5.41, 5.74) is 6.28. The zero-order valence-electron chi connectivity index (χ0n) is 7.85. The Labute approximate surface area is 91.3 Å². The summed E-state index contributed by atoms with van der Waals surface area (Å²) in [5, 5.41) is 0.801. The maximum Gasteiger partial charge on any atom is 0.124 e. The third kappa shape index (κ3) is 2.47. The van der Waals surface area contributed by atoms with Gasteiger partial charge >= 0.3 is 0 Å². The fourth-order valence-corrected chi connectivity index (χ4v) is 1.96. The van der Waals surface area contributed by atoms with Gasteiger partial charge in [0.2, 0.25) is 0 Å². The predicted molar refractivity (Wildman–Crippen MR) is 59.2 cm³/mol. The highest BCUT2D eigenvalue weighted by Crippen LogP contribution is 2.30. The van der Waals surface area contributed by atoms with Gasteiger partial charge in [0.05, 0.1) is 0 Å². The summed E-state index contributed by atoms with van der Waals surface area (Å²) < 4.78 is 13.0. The van der Waals surface area contributed by atoms with Crippen LogP contribution >= 0.6 is 11.8 Å². The van der Waals surface area contributed by atoms with E-state index in [0.29, 0.717) is 10.6 Å². The van der Waals surface area contributed by atoms with E-state index in [1.807, 2.05) is 18.2 Å². The van der Waals surface area contributed by atoms with Crippen LogP contribution in [-0.2, 0) is 0 Å². The highest BCUT2D eigenvalue weighted by molar-refractivity contribution is 7.99. The van der Waals surface area contributed by atoms with Gasteiger partial charge in [0.15, 0.2) is 0 Å². The number of anilines is 1. The van der Waals surface area contributed by atoms with Gasteiger partial charge in [0, 0.05) is 16.8 Å². The van der Waals surface area contributed by atoms with E-state index in [1.54, 1.807) is 12.3 Å². The zero-order valence-corrected chi connectivity index (χ0v) is 8.67. The number of hydrogen-bond acceptors (Lipinski definition) is 3. The van der Waals surface area contributed by atoms with Crippen LogP contribution in [0.1, 0.15) is 0 Å². The molecule has 76 valence electrons. The van der Waals surface area contributed by atoms with Crippen molar-refractivity contribution in [3.63, 3.8) is 0 Å². The maximum atomic E-state index is 13.0. The Hall–Kier alpha value is -1.55. The number of hydrogen-bond donors (Lipinski definition) is 1. The first kappa shape index (κ1) is 9.98. The van der Waals surface area contributed by atoms with E-state index < -0.39 is 0 Å². The van der Waals surface area contributed by atoms with Gasteiger partial charge in [0.25, 0.3) is 0 Å². The summed E-state index contributed by atoms with van der Waals surface area (Å²) in [5.74, 6) is -0.289. The molecule has 2 aromatic rings. The van der Waals surface area contributed by atoms with Crippen LogP contribution in [0.25, 0.3) is 0 Å². The number of nitrogens with zero attached hydrogens (tertiary/aromatic N) is 1. The van der Waals surface area contributed by atoms with Crippen LogP contribution < -0.4 is 5.73 Å².